The van der Waals surface area contributed by atoms with E-state index in [2.05, 4.69) is 59.0 Å². The van der Waals surface area contributed by atoms with Crippen LogP contribution in [0.2, 0.25) is 0 Å². The molecule has 1 aromatic carbocycles. The molecule has 0 aliphatic carbocycles. The van der Waals surface area contributed by atoms with Crippen LogP contribution in [0.25, 0.3) is 0 Å². The van der Waals surface area contributed by atoms with E-state index < -0.39 is 0 Å². The van der Waals surface area contributed by atoms with Crippen LogP contribution in [0.1, 0.15) is 36.7 Å². The number of carbonyl (C=O) groups excluding carboxylic acids is 1. The number of pyridine rings is 1. The lowest BCUT2D eigenvalue weighted by Crippen LogP contribution is -2.34. The number of benzene rings is 1. The summed E-state index contributed by atoms with van der Waals surface area (Å²) < 4.78 is 1.03. The van der Waals surface area contributed by atoms with Gasteiger partial charge in [0, 0.05) is 15.3 Å². The molecule has 1 aromatic heterocycles. The minimum atomic E-state index is -0.242. The number of anilines is 1. The molecule has 6 heteroatoms. The van der Waals surface area contributed by atoms with Gasteiger partial charge in [-0.1, -0.05) is 32.9 Å². The zero-order valence-corrected chi connectivity index (χ0v) is 16.2. The SMILES string of the molecule is CC(C)(C)c1ccc(C(=O)NC(=S)Nc2ccc(I)cn2)cc1. The normalized spacial score (nSPS) is 11.0. The zero-order chi connectivity index (χ0) is 17.0. The van der Waals surface area contributed by atoms with E-state index in [4.69, 9.17) is 12.2 Å². The Morgan fingerprint density at radius 1 is 1.13 bits per heavy atom. The molecule has 0 saturated carbocycles. The molecule has 23 heavy (non-hydrogen) atoms. The second-order valence-electron chi connectivity index (χ2n) is 6.10. The second-order valence-corrected chi connectivity index (χ2v) is 7.75. The molecule has 2 rings (SSSR count). The van der Waals surface area contributed by atoms with Gasteiger partial charge in [0.15, 0.2) is 5.11 Å². The van der Waals surface area contributed by atoms with Crippen molar-refractivity contribution in [2.75, 3.05) is 5.32 Å². The molecule has 0 aliphatic heterocycles. The molecule has 0 bridgehead atoms. The zero-order valence-electron chi connectivity index (χ0n) is 13.2. The molecular weight excluding hydrogens is 421 g/mol. The number of carbonyl (C=O) groups is 1. The minimum Gasteiger partial charge on any atom is -0.317 e. The number of nitrogens with zero attached hydrogens (tertiary/aromatic N) is 1. The van der Waals surface area contributed by atoms with E-state index in [1.54, 1.807) is 12.3 Å². The number of halogens is 1. The molecule has 0 unspecified atom stereocenters. The number of aromatic nitrogens is 1. The highest BCUT2D eigenvalue weighted by Crippen LogP contribution is 2.22. The molecule has 1 heterocycles. The number of amides is 1. The van der Waals surface area contributed by atoms with Crippen molar-refractivity contribution in [2.24, 2.45) is 0 Å². The minimum absolute atomic E-state index is 0.0579. The molecular formula is C17H18IN3OS. The molecule has 0 atom stereocenters. The molecule has 0 spiro atoms. The fourth-order valence-electron chi connectivity index (χ4n) is 1.89. The van der Waals surface area contributed by atoms with Crippen LogP contribution >= 0.6 is 34.8 Å². The summed E-state index contributed by atoms with van der Waals surface area (Å²) in [5.74, 6) is 0.354. The van der Waals surface area contributed by atoms with Crippen LogP contribution in [0.4, 0.5) is 5.82 Å². The summed E-state index contributed by atoms with van der Waals surface area (Å²) in [5.41, 5.74) is 1.80. The first kappa shape index (κ1) is 17.8. The van der Waals surface area contributed by atoms with Crippen molar-refractivity contribution in [3.8, 4) is 0 Å². The lowest BCUT2D eigenvalue weighted by Gasteiger charge is -2.19. The Hall–Kier alpha value is -1.54. The highest BCUT2D eigenvalue weighted by Gasteiger charge is 2.14. The van der Waals surface area contributed by atoms with Crippen molar-refractivity contribution in [1.29, 1.82) is 0 Å². The molecule has 120 valence electrons. The first-order chi connectivity index (χ1) is 10.8. The second kappa shape index (κ2) is 7.35. The largest absolute Gasteiger partial charge is 0.317 e. The highest BCUT2D eigenvalue weighted by molar-refractivity contribution is 14.1. The van der Waals surface area contributed by atoms with Crippen LogP contribution in [0.5, 0.6) is 0 Å². The maximum absolute atomic E-state index is 12.2. The van der Waals surface area contributed by atoms with E-state index >= 15 is 0 Å². The summed E-state index contributed by atoms with van der Waals surface area (Å²) >= 11 is 7.32. The molecule has 0 fully saturated rings. The van der Waals surface area contributed by atoms with Crippen LogP contribution < -0.4 is 10.6 Å². The fourth-order valence-corrected chi connectivity index (χ4v) is 2.41. The Bertz CT molecular complexity index is 706. The lowest BCUT2D eigenvalue weighted by molar-refractivity contribution is 0.0977. The summed E-state index contributed by atoms with van der Waals surface area (Å²) in [7, 11) is 0. The van der Waals surface area contributed by atoms with E-state index in [9.17, 15) is 4.79 Å². The molecule has 0 aliphatic rings. The van der Waals surface area contributed by atoms with Crippen LogP contribution in [0.15, 0.2) is 42.6 Å². The number of rotatable bonds is 2. The van der Waals surface area contributed by atoms with Gasteiger partial charge in [-0.2, -0.15) is 0 Å². The topological polar surface area (TPSA) is 54.0 Å². The van der Waals surface area contributed by atoms with Crippen LogP contribution in [-0.2, 0) is 5.41 Å². The maximum Gasteiger partial charge on any atom is 0.257 e. The summed E-state index contributed by atoms with van der Waals surface area (Å²) in [5, 5.41) is 5.77. The quantitative estimate of drug-likeness (QED) is 0.547. The average molecular weight is 439 g/mol. The van der Waals surface area contributed by atoms with Crippen LogP contribution in [-0.4, -0.2) is 16.0 Å². The Kier molecular flexibility index (Phi) is 5.69. The molecule has 2 aromatic rings. The molecule has 0 radical (unpaired) electrons. The Morgan fingerprint density at radius 2 is 1.78 bits per heavy atom. The monoisotopic (exact) mass is 439 g/mol. The summed E-state index contributed by atoms with van der Waals surface area (Å²) in [6, 6.07) is 11.3. The average Bonchev–Trinajstić information content (AvgIpc) is 2.49. The number of hydrogen-bond donors (Lipinski definition) is 2. The third-order valence-electron chi connectivity index (χ3n) is 3.21. The third kappa shape index (κ3) is 5.24. The Balaban J connectivity index is 1.98. The van der Waals surface area contributed by atoms with Crippen molar-refractivity contribution in [3.05, 3.63) is 57.3 Å². The predicted molar refractivity (Wildman–Crippen MR) is 106 cm³/mol. The van der Waals surface area contributed by atoms with Gasteiger partial charge in [0.2, 0.25) is 0 Å². The molecule has 4 nitrogen and oxygen atoms in total. The van der Waals surface area contributed by atoms with Gasteiger partial charge in [-0.25, -0.2) is 4.98 Å². The van der Waals surface area contributed by atoms with Crippen molar-refractivity contribution in [2.45, 2.75) is 26.2 Å². The smallest absolute Gasteiger partial charge is 0.257 e. The van der Waals surface area contributed by atoms with Gasteiger partial charge in [-0.05, 0) is 70.1 Å². The number of thiocarbonyl (C=S) groups is 1. The van der Waals surface area contributed by atoms with Gasteiger partial charge in [-0.15, -0.1) is 0 Å². The Morgan fingerprint density at radius 3 is 2.30 bits per heavy atom. The van der Waals surface area contributed by atoms with E-state index in [1.807, 2.05) is 30.3 Å². The van der Waals surface area contributed by atoms with Crippen LogP contribution in [0.3, 0.4) is 0 Å². The molecule has 2 N–H and O–H groups in total. The van der Waals surface area contributed by atoms with Gasteiger partial charge in [0.1, 0.15) is 5.82 Å². The van der Waals surface area contributed by atoms with Crippen molar-refractivity contribution in [3.63, 3.8) is 0 Å². The fraction of sp³-hybridized carbons (Fsp3) is 0.235. The standard InChI is InChI=1S/C17H18IN3OS/c1-17(2,3)12-6-4-11(5-7-12)15(22)21-16(23)20-14-9-8-13(18)10-19-14/h4-10H,1-3H3,(H2,19,20,21,22,23). The first-order valence-electron chi connectivity index (χ1n) is 7.10. The van der Waals surface area contributed by atoms with E-state index in [1.165, 1.54) is 5.56 Å². The summed E-state index contributed by atoms with van der Waals surface area (Å²) in [6.45, 7) is 6.40. The molecule has 1 amide bonds. The number of hydrogen-bond acceptors (Lipinski definition) is 3. The first-order valence-corrected chi connectivity index (χ1v) is 8.59. The van der Waals surface area contributed by atoms with Gasteiger partial charge in [0.25, 0.3) is 5.91 Å². The van der Waals surface area contributed by atoms with E-state index in [0.29, 0.717) is 11.4 Å². The van der Waals surface area contributed by atoms with Gasteiger partial charge < -0.3 is 5.32 Å². The maximum atomic E-state index is 12.2. The van der Waals surface area contributed by atoms with Gasteiger partial charge >= 0.3 is 0 Å². The van der Waals surface area contributed by atoms with E-state index in [-0.39, 0.29) is 16.4 Å². The van der Waals surface area contributed by atoms with E-state index in [0.717, 1.165) is 3.57 Å². The third-order valence-corrected chi connectivity index (χ3v) is 4.05. The van der Waals surface area contributed by atoms with Crippen molar-refractivity contribution >= 4 is 51.6 Å². The summed E-state index contributed by atoms with van der Waals surface area (Å²) in [4.78, 5) is 16.4. The number of nitrogens with one attached hydrogen (secondary N) is 2. The molecule has 0 saturated heterocycles. The highest BCUT2D eigenvalue weighted by atomic mass is 127. The van der Waals surface area contributed by atoms with Crippen molar-refractivity contribution < 1.29 is 4.79 Å². The Labute approximate surface area is 155 Å². The van der Waals surface area contributed by atoms with Crippen LogP contribution in [0, 0.1) is 3.57 Å². The summed E-state index contributed by atoms with van der Waals surface area (Å²) in [6.07, 6.45) is 1.72. The van der Waals surface area contributed by atoms with Gasteiger partial charge in [-0.3, -0.25) is 10.1 Å². The van der Waals surface area contributed by atoms with Gasteiger partial charge in [0.05, 0.1) is 0 Å². The predicted octanol–water partition coefficient (Wildman–Crippen LogP) is 4.11. The van der Waals surface area contributed by atoms with Crippen molar-refractivity contribution in [1.82, 2.24) is 10.3 Å². The lowest BCUT2D eigenvalue weighted by atomic mass is 9.87.